The van der Waals surface area contributed by atoms with E-state index < -0.39 is 0 Å². The Morgan fingerprint density at radius 1 is 1.42 bits per heavy atom. The van der Waals surface area contributed by atoms with Gasteiger partial charge < -0.3 is 10.6 Å². The number of rotatable bonds is 1. The number of amides is 1. The third-order valence-electron chi connectivity index (χ3n) is 3.37. The molecule has 0 bridgehead atoms. The fourth-order valence-corrected chi connectivity index (χ4v) is 3.43. The molecular weight excluding hydrogens is 324 g/mol. The number of thioether (sulfide) groups is 1. The molecule has 5 heteroatoms. The number of nitrogens with two attached hydrogens (primary N) is 1. The van der Waals surface area contributed by atoms with Crippen LogP contribution in [-0.4, -0.2) is 34.4 Å². The van der Waals surface area contributed by atoms with Gasteiger partial charge in [0, 0.05) is 39.3 Å². The van der Waals surface area contributed by atoms with Crippen LogP contribution >= 0.6 is 27.7 Å². The second-order valence-corrected chi connectivity index (χ2v) is 8.04. The molecule has 2 N–H and O–H groups in total. The normalized spacial score (nSPS) is 19.0. The molecule has 0 radical (unpaired) electrons. The first kappa shape index (κ1) is 14.7. The Balaban J connectivity index is 2.13. The lowest BCUT2D eigenvalue weighted by atomic mass is 10.1. The van der Waals surface area contributed by atoms with Crippen LogP contribution in [0.3, 0.4) is 0 Å². The highest BCUT2D eigenvalue weighted by atomic mass is 79.9. The van der Waals surface area contributed by atoms with Crippen LogP contribution in [0.5, 0.6) is 0 Å². The van der Waals surface area contributed by atoms with Crippen LogP contribution in [0, 0.1) is 0 Å². The Labute approximate surface area is 127 Å². The van der Waals surface area contributed by atoms with Gasteiger partial charge in [-0.15, -0.1) is 0 Å². The van der Waals surface area contributed by atoms with Gasteiger partial charge in [-0.25, -0.2) is 0 Å². The number of carbonyl (C=O) groups is 1. The van der Waals surface area contributed by atoms with E-state index in [0.29, 0.717) is 11.3 Å². The molecule has 1 aromatic rings. The zero-order valence-corrected chi connectivity index (χ0v) is 13.7. The lowest BCUT2D eigenvalue weighted by Gasteiger charge is -2.23. The molecule has 0 aromatic heterocycles. The quantitative estimate of drug-likeness (QED) is 0.795. The molecule has 1 amide bonds. The molecule has 1 fully saturated rings. The van der Waals surface area contributed by atoms with E-state index in [1.165, 1.54) is 0 Å². The van der Waals surface area contributed by atoms with Crippen molar-refractivity contribution in [3.05, 3.63) is 28.2 Å². The van der Waals surface area contributed by atoms with Gasteiger partial charge >= 0.3 is 0 Å². The molecule has 1 aromatic carbocycles. The van der Waals surface area contributed by atoms with Gasteiger partial charge in [-0.05, 0) is 40.5 Å². The van der Waals surface area contributed by atoms with Crippen LogP contribution in [0.4, 0.5) is 5.69 Å². The molecular formula is C14H19BrN2OS. The summed E-state index contributed by atoms with van der Waals surface area (Å²) in [6.45, 7) is 6.10. The van der Waals surface area contributed by atoms with E-state index in [0.717, 1.165) is 29.7 Å². The zero-order valence-electron chi connectivity index (χ0n) is 11.3. The Kier molecular flexibility index (Phi) is 4.46. The van der Waals surface area contributed by atoms with Crippen molar-refractivity contribution in [1.82, 2.24) is 4.90 Å². The van der Waals surface area contributed by atoms with Gasteiger partial charge in [0.25, 0.3) is 5.91 Å². The molecule has 1 aliphatic rings. The second kappa shape index (κ2) is 5.75. The summed E-state index contributed by atoms with van der Waals surface area (Å²) in [6, 6.07) is 5.40. The van der Waals surface area contributed by atoms with E-state index in [1.807, 2.05) is 28.8 Å². The summed E-state index contributed by atoms with van der Waals surface area (Å²) in [5.41, 5.74) is 7.12. The standard InChI is InChI=1S/C14H19BrN2OS/c1-14(2)5-6-17(7-8-19-14)13(18)10-3-4-11(15)12(16)9-10/h3-4,9H,5-8,16H2,1-2H3. The number of hydrogen-bond acceptors (Lipinski definition) is 3. The van der Waals surface area contributed by atoms with Crippen LogP contribution in [0.15, 0.2) is 22.7 Å². The highest BCUT2D eigenvalue weighted by molar-refractivity contribution is 9.10. The molecule has 0 unspecified atom stereocenters. The average molecular weight is 343 g/mol. The Hall–Kier alpha value is -0.680. The minimum absolute atomic E-state index is 0.0810. The zero-order chi connectivity index (χ0) is 14.0. The van der Waals surface area contributed by atoms with Gasteiger partial charge in [-0.2, -0.15) is 11.8 Å². The summed E-state index contributed by atoms with van der Waals surface area (Å²) in [7, 11) is 0. The molecule has 3 nitrogen and oxygen atoms in total. The summed E-state index contributed by atoms with van der Waals surface area (Å²) in [5.74, 6) is 1.07. The van der Waals surface area contributed by atoms with Crippen LogP contribution in [0.2, 0.25) is 0 Å². The van der Waals surface area contributed by atoms with Gasteiger partial charge in [0.15, 0.2) is 0 Å². The molecule has 0 aliphatic carbocycles. The molecule has 104 valence electrons. The van der Waals surface area contributed by atoms with Crippen molar-refractivity contribution < 1.29 is 4.79 Å². The number of hydrogen-bond donors (Lipinski definition) is 1. The van der Waals surface area contributed by atoms with Gasteiger partial charge in [0.1, 0.15) is 0 Å². The summed E-state index contributed by atoms with van der Waals surface area (Å²) in [4.78, 5) is 14.4. The number of carbonyl (C=O) groups excluding carboxylic acids is 1. The summed E-state index contributed by atoms with van der Waals surface area (Å²) in [6.07, 6.45) is 1.02. The first-order valence-corrected chi connectivity index (χ1v) is 8.15. The van der Waals surface area contributed by atoms with Crippen molar-refractivity contribution >= 4 is 39.3 Å². The van der Waals surface area contributed by atoms with E-state index in [-0.39, 0.29) is 10.7 Å². The average Bonchev–Trinajstić information content (AvgIpc) is 2.53. The summed E-state index contributed by atoms with van der Waals surface area (Å²) < 4.78 is 1.09. The van der Waals surface area contributed by atoms with E-state index in [9.17, 15) is 4.79 Å². The molecule has 1 heterocycles. The largest absolute Gasteiger partial charge is 0.398 e. The van der Waals surface area contributed by atoms with Gasteiger partial charge in [0.2, 0.25) is 0 Å². The highest BCUT2D eigenvalue weighted by Crippen LogP contribution is 2.31. The van der Waals surface area contributed by atoms with Gasteiger partial charge in [-0.1, -0.05) is 13.8 Å². The lowest BCUT2D eigenvalue weighted by molar-refractivity contribution is 0.0764. The van der Waals surface area contributed by atoms with Crippen molar-refractivity contribution in [1.29, 1.82) is 0 Å². The third-order valence-corrected chi connectivity index (χ3v) is 5.46. The second-order valence-electron chi connectivity index (χ2n) is 5.39. The summed E-state index contributed by atoms with van der Waals surface area (Å²) >= 11 is 5.29. The third kappa shape index (κ3) is 3.66. The fourth-order valence-electron chi connectivity index (χ4n) is 2.08. The van der Waals surface area contributed by atoms with Crippen molar-refractivity contribution in [2.24, 2.45) is 0 Å². The van der Waals surface area contributed by atoms with E-state index >= 15 is 0 Å². The first-order chi connectivity index (χ1) is 8.89. The summed E-state index contributed by atoms with van der Waals surface area (Å²) in [5, 5.41) is 0. The molecule has 1 saturated heterocycles. The number of benzene rings is 1. The van der Waals surface area contributed by atoms with Crippen LogP contribution in [-0.2, 0) is 0 Å². The van der Waals surface area contributed by atoms with Crippen molar-refractivity contribution in [3.8, 4) is 0 Å². The van der Waals surface area contributed by atoms with Crippen molar-refractivity contribution in [3.63, 3.8) is 0 Å². The SMILES string of the molecule is CC1(C)CCN(C(=O)c2ccc(Br)c(N)c2)CCS1. The first-order valence-electron chi connectivity index (χ1n) is 6.37. The number of halogens is 1. The van der Waals surface area contributed by atoms with Crippen LogP contribution in [0.1, 0.15) is 30.6 Å². The van der Waals surface area contributed by atoms with Crippen molar-refractivity contribution in [2.75, 3.05) is 24.6 Å². The number of nitrogens with zero attached hydrogens (tertiary/aromatic N) is 1. The Morgan fingerprint density at radius 3 is 2.84 bits per heavy atom. The predicted octanol–water partition coefficient (Wildman–Crippen LogP) is 3.39. The molecule has 19 heavy (non-hydrogen) atoms. The minimum Gasteiger partial charge on any atom is -0.398 e. The minimum atomic E-state index is 0.0810. The van der Waals surface area contributed by atoms with Crippen molar-refractivity contribution in [2.45, 2.75) is 25.0 Å². The molecule has 0 spiro atoms. The maximum absolute atomic E-state index is 12.5. The topological polar surface area (TPSA) is 46.3 Å². The van der Waals surface area contributed by atoms with Crippen LogP contribution < -0.4 is 5.73 Å². The van der Waals surface area contributed by atoms with E-state index in [1.54, 1.807) is 6.07 Å². The van der Waals surface area contributed by atoms with Crippen LogP contribution in [0.25, 0.3) is 0 Å². The molecule has 1 aliphatic heterocycles. The monoisotopic (exact) mass is 342 g/mol. The van der Waals surface area contributed by atoms with Gasteiger partial charge in [0.05, 0.1) is 0 Å². The number of nitrogen functional groups attached to an aromatic ring is 1. The van der Waals surface area contributed by atoms with Gasteiger partial charge in [-0.3, -0.25) is 4.79 Å². The van der Waals surface area contributed by atoms with E-state index in [2.05, 4.69) is 29.8 Å². The predicted molar refractivity (Wildman–Crippen MR) is 85.6 cm³/mol. The van der Waals surface area contributed by atoms with E-state index in [4.69, 9.17) is 5.73 Å². The maximum Gasteiger partial charge on any atom is 0.253 e. The molecule has 0 atom stereocenters. The lowest BCUT2D eigenvalue weighted by Crippen LogP contribution is -2.33. The highest BCUT2D eigenvalue weighted by Gasteiger charge is 2.26. The molecule has 0 saturated carbocycles. The Bertz CT molecular complexity index is 490. The molecule has 2 rings (SSSR count). The maximum atomic E-state index is 12.5. The Morgan fingerprint density at radius 2 is 2.16 bits per heavy atom. The number of anilines is 1. The smallest absolute Gasteiger partial charge is 0.253 e. The fraction of sp³-hybridized carbons (Fsp3) is 0.500.